The maximum absolute atomic E-state index is 13.4. The Kier molecular flexibility index (Phi) is 8.94. The van der Waals surface area contributed by atoms with Crippen molar-refractivity contribution in [2.75, 3.05) is 24.9 Å². The van der Waals surface area contributed by atoms with Gasteiger partial charge in [-0.05, 0) is 60.5 Å². The predicted octanol–water partition coefficient (Wildman–Crippen LogP) is 7.39. The van der Waals surface area contributed by atoms with Crippen LogP contribution in [0.5, 0.6) is 11.5 Å². The van der Waals surface area contributed by atoms with Crippen LogP contribution in [0.2, 0.25) is 5.02 Å². The molecule has 194 valence electrons. The molecule has 2 amide bonds. The number of methoxy groups -OCH3 is 2. The van der Waals surface area contributed by atoms with E-state index in [1.165, 1.54) is 26.0 Å². The van der Waals surface area contributed by atoms with Crippen LogP contribution in [0.4, 0.5) is 11.4 Å². The SMILES string of the molecule is COc1cccc(OC)c1C(=O)Nc1cccc(SC(C(=O)Nc2ccc(C)c(Cl)c2)c2ccccc2)c1. The third kappa shape index (κ3) is 6.49. The van der Waals surface area contributed by atoms with E-state index >= 15 is 0 Å². The fourth-order valence-electron chi connectivity index (χ4n) is 3.83. The van der Waals surface area contributed by atoms with Crippen LogP contribution in [0.3, 0.4) is 0 Å². The van der Waals surface area contributed by atoms with Crippen molar-refractivity contribution in [3.63, 3.8) is 0 Å². The van der Waals surface area contributed by atoms with Crippen molar-refractivity contribution < 1.29 is 19.1 Å². The zero-order valence-electron chi connectivity index (χ0n) is 21.2. The molecule has 2 N–H and O–H groups in total. The van der Waals surface area contributed by atoms with Gasteiger partial charge in [0.05, 0.1) is 14.2 Å². The molecule has 0 saturated carbocycles. The Morgan fingerprint density at radius 2 is 1.45 bits per heavy atom. The van der Waals surface area contributed by atoms with Crippen molar-refractivity contribution >= 4 is 46.6 Å². The quantitative estimate of drug-likeness (QED) is 0.214. The summed E-state index contributed by atoms with van der Waals surface area (Å²) in [6.45, 7) is 1.91. The summed E-state index contributed by atoms with van der Waals surface area (Å²) in [6.07, 6.45) is 0. The molecular formula is C30H27ClN2O4S. The second-order valence-corrected chi connectivity index (χ2v) is 9.97. The number of rotatable bonds is 9. The molecule has 0 fully saturated rings. The molecule has 0 heterocycles. The van der Waals surface area contributed by atoms with Crippen molar-refractivity contribution in [1.29, 1.82) is 0 Å². The van der Waals surface area contributed by atoms with Gasteiger partial charge in [-0.25, -0.2) is 0 Å². The molecule has 0 aromatic heterocycles. The van der Waals surface area contributed by atoms with Crippen LogP contribution in [-0.2, 0) is 4.79 Å². The molecule has 0 aliphatic carbocycles. The van der Waals surface area contributed by atoms with Gasteiger partial charge in [0, 0.05) is 21.3 Å². The minimum absolute atomic E-state index is 0.186. The monoisotopic (exact) mass is 546 g/mol. The third-order valence-corrected chi connectivity index (χ3v) is 7.44. The smallest absolute Gasteiger partial charge is 0.263 e. The number of aryl methyl sites for hydroxylation is 1. The van der Waals surface area contributed by atoms with E-state index in [2.05, 4.69) is 10.6 Å². The highest BCUT2D eigenvalue weighted by Crippen LogP contribution is 2.38. The molecule has 38 heavy (non-hydrogen) atoms. The highest BCUT2D eigenvalue weighted by atomic mass is 35.5. The maximum atomic E-state index is 13.4. The number of ether oxygens (including phenoxy) is 2. The molecule has 0 radical (unpaired) electrons. The van der Waals surface area contributed by atoms with Gasteiger partial charge < -0.3 is 20.1 Å². The number of hydrogen-bond donors (Lipinski definition) is 2. The number of benzene rings is 4. The number of carbonyl (C=O) groups is 2. The molecule has 0 aliphatic heterocycles. The van der Waals surface area contributed by atoms with Gasteiger partial charge in [0.25, 0.3) is 5.91 Å². The van der Waals surface area contributed by atoms with Gasteiger partial charge in [0.15, 0.2) is 0 Å². The molecule has 0 bridgehead atoms. The van der Waals surface area contributed by atoms with E-state index in [1.54, 1.807) is 30.3 Å². The van der Waals surface area contributed by atoms with E-state index in [9.17, 15) is 9.59 Å². The highest BCUT2D eigenvalue weighted by molar-refractivity contribution is 8.00. The molecule has 1 unspecified atom stereocenters. The molecule has 4 rings (SSSR count). The van der Waals surface area contributed by atoms with Crippen molar-refractivity contribution in [3.05, 3.63) is 113 Å². The summed E-state index contributed by atoms with van der Waals surface area (Å²) in [5.74, 6) is 0.262. The first-order valence-corrected chi connectivity index (χ1v) is 13.1. The number of hydrogen-bond acceptors (Lipinski definition) is 5. The molecular weight excluding hydrogens is 520 g/mol. The van der Waals surface area contributed by atoms with Gasteiger partial charge in [-0.15, -0.1) is 11.8 Å². The van der Waals surface area contributed by atoms with Gasteiger partial charge in [-0.3, -0.25) is 9.59 Å². The average molecular weight is 547 g/mol. The molecule has 1 atom stereocenters. The van der Waals surface area contributed by atoms with E-state index in [1.807, 2.05) is 67.6 Å². The molecule has 6 nitrogen and oxygen atoms in total. The number of thioether (sulfide) groups is 1. The lowest BCUT2D eigenvalue weighted by molar-refractivity contribution is -0.115. The van der Waals surface area contributed by atoms with Crippen LogP contribution >= 0.6 is 23.4 Å². The van der Waals surface area contributed by atoms with Gasteiger partial charge in [0.2, 0.25) is 5.91 Å². The summed E-state index contributed by atoms with van der Waals surface area (Å²) in [6, 6.07) is 27.5. The molecule has 0 spiro atoms. The second-order valence-electron chi connectivity index (χ2n) is 8.38. The Morgan fingerprint density at radius 1 is 0.789 bits per heavy atom. The van der Waals surface area contributed by atoms with Crippen molar-refractivity contribution in [3.8, 4) is 11.5 Å². The lowest BCUT2D eigenvalue weighted by Gasteiger charge is -2.18. The van der Waals surface area contributed by atoms with Crippen LogP contribution in [0.1, 0.15) is 26.7 Å². The number of carbonyl (C=O) groups excluding carboxylic acids is 2. The number of anilines is 2. The second kappa shape index (κ2) is 12.5. The molecule has 4 aromatic rings. The first-order chi connectivity index (χ1) is 18.4. The van der Waals surface area contributed by atoms with Crippen molar-refractivity contribution in [2.24, 2.45) is 0 Å². The van der Waals surface area contributed by atoms with Gasteiger partial charge in [-0.2, -0.15) is 0 Å². The first kappa shape index (κ1) is 27.1. The average Bonchev–Trinajstić information content (AvgIpc) is 2.93. The fourth-order valence-corrected chi connectivity index (χ4v) is 5.10. The lowest BCUT2D eigenvalue weighted by Crippen LogP contribution is -2.19. The minimum atomic E-state index is -0.545. The Bertz CT molecular complexity index is 1420. The summed E-state index contributed by atoms with van der Waals surface area (Å²) in [4.78, 5) is 27.4. The Labute approximate surface area is 231 Å². The number of halogens is 1. The van der Waals surface area contributed by atoms with E-state index < -0.39 is 5.25 Å². The molecule has 0 aliphatic rings. The Morgan fingerprint density at radius 3 is 2.11 bits per heavy atom. The molecule has 8 heteroatoms. The van der Waals surface area contributed by atoms with Gasteiger partial charge >= 0.3 is 0 Å². The molecule has 4 aromatic carbocycles. The number of nitrogens with one attached hydrogen (secondary N) is 2. The van der Waals surface area contributed by atoms with E-state index in [0.717, 1.165) is 16.0 Å². The van der Waals surface area contributed by atoms with Crippen molar-refractivity contribution in [2.45, 2.75) is 17.1 Å². The summed E-state index contributed by atoms with van der Waals surface area (Å²) >= 11 is 7.64. The van der Waals surface area contributed by atoms with Crippen LogP contribution in [0, 0.1) is 6.92 Å². The first-order valence-electron chi connectivity index (χ1n) is 11.8. The topological polar surface area (TPSA) is 76.7 Å². The van der Waals surface area contributed by atoms with Crippen LogP contribution in [0.25, 0.3) is 0 Å². The highest BCUT2D eigenvalue weighted by Gasteiger charge is 2.23. The molecule has 0 saturated heterocycles. The zero-order chi connectivity index (χ0) is 27.1. The standard InChI is InChI=1S/C30H27ClN2O4S/c1-19-15-16-22(18-24(19)31)33-30(35)28(20-9-5-4-6-10-20)38-23-12-7-11-21(17-23)32-29(34)27-25(36-2)13-8-14-26(27)37-3/h4-18,28H,1-3H3,(H,32,34)(H,33,35). The fraction of sp³-hybridized carbons (Fsp3) is 0.133. The largest absolute Gasteiger partial charge is 0.496 e. The summed E-state index contributed by atoms with van der Waals surface area (Å²) < 4.78 is 10.7. The van der Waals surface area contributed by atoms with Crippen LogP contribution in [-0.4, -0.2) is 26.0 Å². The van der Waals surface area contributed by atoms with Crippen LogP contribution in [0.15, 0.2) is 95.9 Å². The predicted molar refractivity (Wildman–Crippen MR) is 154 cm³/mol. The van der Waals surface area contributed by atoms with E-state index in [0.29, 0.717) is 33.5 Å². The minimum Gasteiger partial charge on any atom is -0.496 e. The maximum Gasteiger partial charge on any atom is 0.263 e. The van der Waals surface area contributed by atoms with Crippen molar-refractivity contribution in [1.82, 2.24) is 0 Å². The Hall–Kier alpha value is -3.94. The zero-order valence-corrected chi connectivity index (χ0v) is 22.7. The van der Waals surface area contributed by atoms with E-state index in [-0.39, 0.29) is 11.8 Å². The summed E-state index contributed by atoms with van der Waals surface area (Å²) in [5, 5.41) is 5.94. The van der Waals surface area contributed by atoms with E-state index in [4.69, 9.17) is 21.1 Å². The lowest BCUT2D eigenvalue weighted by atomic mass is 10.1. The number of amides is 2. The third-order valence-electron chi connectivity index (χ3n) is 5.78. The normalized spacial score (nSPS) is 11.4. The van der Waals surface area contributed by atoms with Gasteiger partial charge in [0.1, 0.15) is 22.3 Å². The summed E-state index contributed by atoms with van der Waals surface area (Å²) in [7, 11) is 3.00. The van der Waals surface area contributed by atoms with Gasteiger partial charge in [-0.1, -0.05) is 60.1 Å². The van der Waals surface area contributed by atoms with Crippen LogP contribution < -0.4 is 20.1 Å². The Balaban J connectivity index is 1.57. The summed E-state index contributed by atoms with van der Waals surface area (Å²) in [5.41, 5.74) is 3.28.